The molecule has 0 nitrogen and oxygen atoms in total. The second-order valence-corrected chi connectivity index (χ2v) is 11.9. The molecule has 2 saturated carbocycles. The monoisotopic (exact) mass is 182 g/mol. The van der Waals surface area contributed by atoms with Crippen molar-refractivity contribution >= 4 is 8.07 Å². The Morgan fingerprint density at radius 1 is 1.17 bits per heavy atom. The third-order valence-corrected chi connectivity index (χ3v) is 5.60. The molecule has 0 aromatic carbocycles. The van der Waals surface area contributed by atoms with Crippen LogP contribution in [0.25, 0.3) is 0 Å². The largest absolute Gasteiger partial charge is 0.0695 e. The molecular weight excluding hydrogens is 160 g/mol. The lowest BCUT2D eigenvalue weighted by Gasteiger charge is -2.32. The van der Waals surface area contributed by atoms with Gasteiger partial charge in [0, 0.05) is 8.07 Å². The van der Waals surface area contributed by atoms with Crippen molar-refractivity contribution in [2.45, 2.75) is 57.8 Å². The Bertz CT molecular complexity index is 170. The smallest absolute Gasteiger partial charge is 0.0448 e. The first-order valence-corrected chi connectivity index (χ1v) is 9.20. The molecule has 2 fully saturated rings. The first-order valence-electron chi connectivity index (χ1n) is 5.49. The fraction of sp³-hybridized carbons (Fsp3) is 1.00. The van der Waals surface area contributed by atoms with Crippen LogP contribution in [-0.2, 0) is 0 Å². The molecule has 2 aliphatic rings. The van der Waals surface area contributed by atoms with Crippen LogP contribution in [0.5, 0.6) is 0 Å². The van der Waals surface area contributed by atoms with Gasteiger partial charge in [-0.05, 0) is 43.4 Å². The van der Waals surface area contributed by atoms with Crippen molar-refractivity contribution in [3.8, 4) is 0 Å². The highest BCUT2D eigenvalue weighted by Gasteiger charge is 2.46. The van der Waals surface area contributed by atoms with Gasteiger partial charge in [-0.1, -0.05) is 25.7 Å². The molecule has 0 saturated heterocycles. The lowest BCUT2D eigenvalue weighted by atomic mass is 9.86. The van der Waals surface area contributed by atoms with E-state index in [0.717, 1.165) is 11.3 Å². The highest BCUT2D eigenvalue weighted by Crippen LogP contribution is 2.57. The zero-order valence-electron chi connectivity index (χ0n) is 8.82. The molecule has 12 heavy (non-hydrogen) atoms. The highest BCUT2D eigenvalue weighted by molar-refractivity contribution is 6.76. The summed E-state index contributed by atoms with van der Waals surface area (Å²) in [6, 6.07) is 1.61. The summed E-state index contributed by atoms with van der Waals surface area (Å²) in [6.07, 6.45) is 7.86. The quantitative estimate of drug-likeness (QED) is 0.568. The third kappa shape index (κ3) is 1.61. The molecule has 0 unspecified atom stereocenters. The first kappa shape index (κ1) is 8.80. The van der Waals surface area contributed by atoms with Crippen molar-refractivity contribution in [3.63, 3.8) is 0 Å². The molecular formula is C11H22Si. The van der Waals surface area contributed by atoms with E-state index in [-0.39, 0.29) is 0 Å². The summed E-state index contributed by atoms with van der Waals surface area (Å²) in [5.41, 5.74) is 0.856. The molecule has 0 N–H and O–H groups in total. The van der Waals surface area contributed by atoms with E-state index in [2.05, 4.69) is 19.6 Å². The van der Waals surface area contributed by atoms with Crippen LogP contribution in [0.1, 0.15) is 32.1 Å². The topological polar surface area (TPSA) is 0 Å². The van der Waals surface area contributed by atoms with Gasteiger partial charge in [0.2, 0.25) is 0 Å². The molecule has 0 aromatic heterocycles. The number of hydrogen-bond acceptors (Lipinski definition) is 0. The van der Waals surface area contributed by atoms with Gasteiger partial charge in [0.05, 0.1) is 0 Å². The maximum atomic E-state index is 2.54. The minimum absolute atomic E-state index is 0.789. The third-order valence-electron chi connectivity index (χ3n) is 3.79. The summed E-state index contributed by atoms with van der Waals surface area (Å²) < 4.78 is 0. The van der Waals surface area contributed by atoms with Crippen molar-refractivity contribution < 1.29 is 0 Å². The second kappa shape index (κ2) is 2.60. The van der Waals surface area contributed by atoms with E-state index in [1.165, 1.54) is 0 Å². The number of hydrogen-bond donors (Lipinski definition) is 0. The summed E-state index contributed by atoms with van der Waals surface area (Å²) >= 11 is 0. The van der Waals surface area contributed by atoms with Gasteiger partial charge in [0.15, 0.2) is 0 Å². The fourth-order valence-electron chi connectivity index (χ4n) is 3.68. The van der Waals surface area contributed by atoms with Crippen LogP contribution in [0.15, 0.2) is 0 Å². The molecule has 2 aliphatic carbocycles. The van der Waals surface area contributed by atoms with E-state index in [0.29, 0.717) is 0 Å². The average molecular weight is 182 g/mol. The molecule has 1 heteroatoms. The van der Waals surface area contributed by atoms with Gasteiger partial charge in [0.25, 0.3) is 0 Å². The van der Waals surface area contributed by atoms with Gasteiger partial charge in [-0.25, -0.2) is 0 Å². The lowest BCUT2D eigenvalue weighted by molar-refractivity contribution is 0.328. The molecule has 0 aliphatic heterocycles. The maximum absolute atomic E-state index is 2.54. The Labute approximate surface area is 77.8 Å². The summed E-state index contributed by atoms with van der Waals surface area (Å²) in [6.45, 7) is 7.61. The lowest BCUT2D eigenvalue weighted by Crippen LogP contribution is -2.29. The van der Waals surface area contributed by atoms with Crippen molar-refractivity contribution in [3.05, 3.63) is 0 Å². The standard InChI is InChI=1S/C11H22Si/c1-12(2,3)9-11-6-4-10(8-11)5-7-11/h10H,4-9H2,1-3H3. The molecule has 2 bridgehead atoms. The normalized spacial score (nSPS) is 40.8. The molecule has 0 spiro atoms. The maximum Gasteiger partial charge on any atom is 0.0448 e. The van der Waals surface area contributed by atoms with E-state index in [4.69, 9.17) is 0 Å². The van der Waals surface area contributed by atoms with Crippen LogP contribution in [0, 0.1) is 11.3 Å². The van der Waals surface area contributed by atoms with E-state index >= 15 is 0 Å². The zero-order valence-corrected chi connectivity index (χ0v) is 9.82. The Morgan fingerprint density at radius 2 is 1.75 bits per heavy atom. The SMILES string of the molecule is C[Si](C)(C)CC12CCC(CC1)C2. The van der Waals surface area contributed by atoms with Gasteiger partial charge in [0.1, 0.15) is 0 Å². The van der Waals surface area contributed by atoms with Crippen LogP contribution in [0.3, 0.4) is 0 Å². The van der Waals surface area contributed by atoms with Gasteiger partial charge >= 0.3 is 0 Å². The van der Waals surface area contributed by atoms with Crippen LogP contribution in [0.4, 0.5) is 0 Å². The Balaban J connectivity index is 2.03. The highest BCUT2D eigenvalue weighted by atomic mass is 28.3. The number of rotatable bonds is 2. The van der Waals surface area contributed by atoms with Crippen LogP contribution in [-0.4, -0.2) is 8.07 Å². The van der Waals surface area contributed by atoms with Crippen molar-refractivity contribution in [1.82, 2.24) is 0 Å². The van der Waals surface area contributed by atoms with Gasteiger partial charge in [-0.15, -0.1) is 0 Å². The van der Waals surface area contributed by atoms with E-state index in [9.17, 15) is 0 Å². The summed E-state index contributed by atoms with van der Waals surface area (Å²) in [5.74, 6) is 1.14. The van der Waals surface area contributed by atoms with Crippen molar-refractivity contribution in [2.75, 3.05) is 0 Å². The predicted molar refractivity (Wildman–Crippen MR) is 57.2 cm³/mol. The van der Waals surface area contributed by atoms with Crippen molar-refractivity contribution in [2.24, 2.45) is 11.3 Å². The molecule has 0 radical (unpaired) electrons. The molecule has 0 atom stereocenters. The van der Waals surface area contributed by atoms with E-state index in [1.807, 2.05) is 0 Å². The Hall–Kier alpha value is 0.217. The zero-order chi connectivity index (χ0) is 8.82. The molecule has 70 valence electrons. The predicted octanol–water partition coefficient (Wildman–Crippen LogP) is 3.90. The minimum Gasteiger partial charge on any atom is -0.0695 e. The molecule has 2 rings (SSSR count). The Kier molecular flexibility index (Phi) is 1.91. The molecule has 0 heterocycles. The summed E-state index contributed by atoms with van der Waals surface area (Å²) in [7, 11) is -0.789. The summed E-state index contributed by atoms with van der Waals surface area (Å²) in [4.78, 5) is 0. The van der Waals surface area contributed by atoms with E-state index < -0.39 is 8.07 Å². The van der Waals surface area contributed by atoms with Crippen molar-refractivity contribution in [1.29, 1.82) is 0 Å². The van der Waals surface area contributed by atoms with Crippen LogP contribution >= 0.6 is 0 Å². The Morgan fingerprint density at radius 3 is 2.08 bits per heavy atom. The molecule has 0 amide bonds. The van der Waals surface area contributed by atoms with Gasteiger partial charge < -0.3 is 0 Å². The average Bonchev–Trinajstić information content (AvgIpc) is 2.40. The second-order valence-electron chi connectivity index (χ2n) is 6.38. The minimum atomic E-state index is -0.789. The van der Waals surface area contributed by atoms with E-state index in [1.54, 1.807) is 38.1 Å². The fourth-order valence-corrected chi connectivity index (χ4v) is 6.43. The van der Waals surface area contributed by atoms with Crippen LogP contribution in [0.2, 0.25) is 25.7 Å². The van der Waals surface area contributed by atoms with Gasteiger partial charge in [-0.2, -0.15) is 0 Å². The van der Waals surface area contributed by atoms with Gasteiger partial charge in [-0.3, -0.25) is 0 Å². The number of fused-ring (bicyclic) bond motifs is 2. The summed E-state index contributed by atoms with van der Waals surface area (Å²) in [5, 5.41) is 0. The molecule has 0 aromatic rings. The first-order chi connectivity index (χ1) is 5.49. The van der Waals surface area contributed by atoms with Crippen LogP contribution < -0.4 is 0 Å².